The lowest BCUT2D eigenvalue weighted by Gasteiger charge is -2.32. The number of anilines is 1. The molecule has 1 amide bonds. The summed E-state index contributed by atoms with van der Waals surface area (Å²) in [4.78, 5) is 14.2. The second-order valence-corrected chi connectivity index (χ2v) is 9.27. The Morgan fingerprint density at radius 2 is 1.73 bits per heavy atom. The molecule has 0 bridgehead atoms. The van der Waals surface area contributed by atoms with Gasteiger partial charge in [-0.05, 0) is 55.7 Å². The van der Waals surface area contributed by atoms with Crippen molar-refractivity contribution < 1.29 is 40.6 Å². The van der Waals surface area contributed by atoms with Crippen LogP contribution < -0.4 is 18.9 Å². The van der Waals surface area contributed by atoms with E-state index in [0.717, 1.165) is 43.5 Å². The normalized spacial score (nSPS) is 18.5. The van der Waals surface area contributed by atoms with Crippen LogP contribution in [-0.4, -0.2) is 51.4 Å². The number of nitrogens with one attached hydrogen (secondary N) is 1. The van der Waals surface area contributed by atoms with Crippen LogP contribution in [0.25, 0.3) is 0 Å². The molecule has 178 valence electrons. The first-order valence-corrected chi connectivity index (χ1v) is 11.7. The number of halogens is 3. The fourth-order valence-corrected chi connectivity index (χ4v) is 4.67. The summed E-state index contributed by atoms with van der Waals surface area (Å²) in [5.74, 6) is -0.200. The lowest BCUT2D eigenvalue weighted by atomic mass is 10.1. The van der Waals surface area contributed by atoms with Crippen molar-refractivity contribution in [1.82, 2.24) is 4.90 Å². The van der Waals surface area contributed by atoms with Gasteiger partial charge in [0.05, 0.1) is 4.90 Å². The Morgan fingerprint density at radius 3 is 2.39 bits per heavy atom. The number of amides is 1. The van der Waals surface area contributed by atoms with E-state index >= 15 is 0 Å². The van der Waals surface area contributed by atoms with E-state index in [2.05, 4.69) is 9.46 Å². The zero-order chi connectivity index (χ0) is 23.6. The van der Waals surface area contributed by atoms with E-state index in [-0.39, 0.29) is 34.6 Å². The average Bonchev–Trinajstić information content (AvgIpc) is 2.78. The summed E-state index contributed by atoms with van der Waals surface area (Å²) in [7, 11) is -4.07. The molecule has 8 nitrogen and oxygen atoms in total. The lowest BCUT2D eigenvalue weighted by Crippen LogP contribution is -2.48. The maximum atomic E-state index is 12.7. The van der Waals surface area contributed by atoms with Gasteiger partial charge >= 0.3 is 6.36 Å². The van der Waals surface area contributed by atoms with Gasteiger partial charge in [-0.2, -0.15) is 0 Å². The van der Waals surface area contributed by atoms with Gasteiger partial charge in [-0.25, -0.2) is 8.42 Å². The van der Waals surface area contributed by atoms with Gasteiger partial charge in [0.15, 0.2) is 11.5 Å². The maximum Gasteiger partial charge on any atom is 0.573 e. The minimum absolute atomic E-state index is 0.0417. The Morgan fingerprint density at radius 1 is 1.03 bits per heavy atom. The van der Waals surface area contributed by atoms with Crippen molar-refractivity contribution in [3.8, 4) is 17.2 Å². The first-order chi connectivity index (χ1) is 15.6. The van der Waals surface area contributed by atoms with Crippen LogP contribution in [0.4, 0.5) is 18.9 Å². The number of hydrogen-bond donors (Lipinski definition) is 1. The predicted octanol–water partition coefficient (Wildman–Crippen LogP) is 3.54. The minimum Gasteiger partial charge on any atom is -0.485 e. The number of piperidine rings is 1. The van der Waals surface area contributed by atoms with Crippen molar-refractivity contribution in [3.05, 3.63) is 42.5 Å². The molecule has 12 heteroatoms. The summed E-state index contributed by atoms with van der Waals surface area (Å²) in [6.45, 7) is 1.31. The Bertz CT molecular complexity index is 1120. The van der Waals surface area contributed by atoms with E-state index in [4.69, 9.17) is 9.47 Å². The van der Waals surface area contributed by atoms with Crippen LogP contribution in [0, 0.1) is 0 Å². The topological polar surface area (TPSA) is 94.2 Å². The number of nitrogens with zero attached hydrogens (tertiary/aromatic N) is 1. The maximum absolute atomic E-state index is 12.7. The van der Waals surface area contributed by atoms with Crippen LogP contribution in [0.1, 0.15) is 19.3 Å². The Hall–Kier alpha value is -3.15. The van der Waals surface area contributed by atoms with Crippen molar-refractivity contribution in [3.63, 3.8) is 0 Å². The van der Waals surface area contributed by atoms with E-state index in [9.17, 15) is 26.4 Å². The molecule has 2 aliphatic heterocycles. The van der Waals surface area contributed by atoms with E-state index in [0.29, 0.717) is 13.1 Å². The SMILES string of the molecule is O=C([C@H]1COc2cc(S(=O)(=O)Nc3ccc(OC(F)(F)F)cc3)ccc2O1)N1CCCCC1. The number of sulfonamides is 1. The number of likely N-dealkylation sites (tertiary alicyclic amines) is 1. The summed E-state index contributed by atoms with van der Waals surface area (Å²) in [6, 6.07) is 8.24. The quantitative estimate of drug-likeness (QED) is 0.695. The number of benzene rings is 2. The first kappa shape index (κ1) is 23.0. The zero-order valence-electron chi connectivity index (χ0n) is 17.3. The summed E-state index contributed by atoms with van der Waals surface area (Å²) in [6.07, 6.45) is -2.66. The third kappa shape index (κ3) is 5.62. The largest absolute Gasteiger partial charge is 0.573 e. The third-order valence-corrected chi connectivity index (χ3v) is 6.55. The third-order valence-electron chi connectivity index (χ3n) is 5.17. The average molecular weight is 486 g/mol. The van der Waals surface area contributed by atoms with Gasteiger partial charge in [-0.1, -0.05) is 0 Å². The molecule has 2 aromatic carbocycles. The highest BCUT2D eigenvalue weighted by atomic mass is 32.2. The van der Waals surface area contributed by atoms with E-state index < -0.39 is 28.2 Å². The van der Waals surface area contributed by atoms with Crippen LogP contribution in [0.2, 0.25) is 0 Å². The number of ether oxygens (including phenoxy) is 3. The van der Waals surface area contributed by atoms with Crippen molar-refractivity contribution in [2.24, 2.45) is 0 Å². The zero-order valence-corrected chi connectivity index (χ0v) is 18.1. The van der Waals surface area contributed by atoms with E-state index in [1.165, 1.54) is 18.2 Å². The van der Waals surface area contributed by atoms with Gasteiger partial charge in [0.25, 0.3) is 15.9 Å². The molecule has 0 aromatic heterocycles. The van der Waals surface area contributed by atoms with Crippen LogP contribution in [0.5, 0.6) is 17.2 Å². The number of carbonyl (C=O) groups is 1. The number of hydrogen-bond acceptors (Lipinski definition) is 6. The van der Waals surface area contributed by atoms with Gasteiger partial charge in [0.1, 0.15) is 12.4 Å². The smallest absolute Gasteiger partial charge is 0.485 e. The molecule has 2 aromatic rings. The fraction of sp³-hybridized carbons (Fsp3) is 0.381. The van der Waals surface area contributed by atoms with Crippen molar-refractivity contribution in [2.75, 3.05) is 24.4 Å². The molecule has 2 aliphatic rings. The van der Waals surface area contributed by atoms with Crippen molar-refractivity contribution in [2.45, 2.75) is 36.6 Å². The highest BCUT2D eigenvalue weighted by Crippen LogP contribution is 2.35. The molecule has 0 saturated carbocycles. The molecule has 1 atom stereocenters. The summed E-state index contributed by atoms with van der Waals surface area (Å²) < 4.78 is 79.6. The van der Waals surface area contributed by atoms with Crippen LogP contribution in [-0.2, 0) is 14.8 Å². The first-order valence-electron chi connectivity index (χ1n) is 10.2. The lowest BCUT2D eigenvalue weighted by molar-refractivity contribution is -0.274. The minimum atomic E-state index is -4.84. The molecule has 4 rings (SSSR count). The molecule has 33 heavy (non-hydrogen) atoms. The van der Waals surface area contributed by atoms with Gasteiger partial charge in [0, 0.05) is 24.8 Å². The highest BCUT2D eigenvalue weighted by Gasteiger charge is 2.33. The van der Waals surface area contributed by atoms with Gasteiger partial charge < -0.3 is 19.1 Å². The van der Waals surface area contributed by atoms with Gasteiger partial charge in [-0.15, -0.1) is 13.2 Å². The van der Waals surface area contributed by atoms with Crippen LogP contribution in [0.3, 0.4) is 0 Å². The number of rotatable bonds is 5. The Balaban J connectivity index is 1.43. The molecule has 1 saturated heterocycles. The highest BCUT2D eigenvalue weighted by molar-refractivity contribution is 7.92. The standard InChI is InChI=1S/C21H21F3N2O6S/c22-21(23,24)32-15-6-4-14(5-7-15)25-33(28,29)16-8-9-17-18(12-16)30-13-19(31-17)20(27)26-10-2-1-3-11-26/h4-9,12,19,25H,1-3,10-11,13H2/t19-/m1/s1. The summed E-state index contributed by atoms with van der Waals surface area (Å²) in [5, 5.41) is 0. The molecule has 0 spiro atoms. The van der Waals surface area contributed by atoms with Crippen LogP contribution in [0.15, 0.2) is 47.4 Å². The molecular formula is C21H21F3N2O6S. The number of carbonyl (C=O) groups excluding carboxylic acids is 1. The second-order valence-electron chi connectivity index (χ2n) is 7.59. The molecule has 0 aliphatic carbocycles. The monoisotopic (exact) mass is 486 g/mol. The van der Waals surface area contributed by atoms with Crippen LogP contribution >= 0.6 is 0 Å². The summed E-state index contributed by atoms with van der Waals surface area (Å²) >= 11 is 0. The predicted molar refractivity (Wildman–Crippen MR) is 111 cm³/mol. The van der Waals surface area contributed by atoms with Gasteiger partial charge in [0.2, 0.25) is 6.10 Å². The van der Waals surface area contributed by atoms with E-state index in [1.54, 1.807) is 4.90 Å². The number of fused-ring (bicyclic) bond motifs is 1. The molecule has 1 N–H and O–H groups in total. The van der Waals surface area contributed by atoms with Crippen molar-refractivity contribution in [1.29, 1.82) is 0 Å². The summed E-state index contributed by atoms with van der Waals surface area (Å²) in [5.41, 5.74) is 0.0478. The molecular weight excluding hydrogens is 465 g/mol. The van der Waals surface area contributed by atoms with Crippen molar-refractivity contribution >= 4 is 21.6 Å². The van der Waals surface area contributed by atoms with E-state index in [1.807, 2.05) is 0 Å². The Kier molecular flexibility index (Phi) is 6.28. The molecule has 1 fully saturated rings. The molecule has 0 unspecified atom stereocenters. The fourth-order valence-electron chi connectivity index (χ4n) is 3.60. The molecule has 0 radical (unpaired) electrons. The molecule has 2 heterocycles. The van der Waals surface area contributed by atoms with Gasteiger partial charge in [-0.3, -0.25) is 9.52 Å². The second kappa shape index (κ2) is 9.00. The Labute approximate surface area is 188 Å². The number of alkyl halides is 3.